The van der Waals surface area contributed by atoms with Crippen molar-refractivity contribution in [3.05, 3.63) is 26.9 Å². The number of hydrogen-bond donors (Lipinski definition) is 2. The molecule has 0 atom stereocenters. The molecule has 0 aliphatic rings. The zero-order valence-electron chi connectivity index (χ0n) is 9.32. The SMILES string of the molecule is CCCCNC(=S)Nc1c(F)cc(Br)cc1Br. The van der Waals surface area contributed by atoms with Gasteiger partial charge in [0.1, 0.15) is 5.82 Å². The highest BCUT2D eigenvalue weighted by molar-refractivity contribution is 9.11. The number of hydrogen-bond acceptors (Lipinski definition) is 1. The van der Waals surface area contributed by atoms with Gasteiger partial charge in [-0.2, -0.15) is 0 Å². The number of unbranched alkanes of at least 4 members (excludes halogenated alkanes) is 1. The maximum absolute atomic E-state index is 13.7. The Bertz CT molecular complexity index is 389. The number of rotatable bonds is 4. The summed E-state index contributed by atoms with van der Waals surface area (Å²) < 4.78 is 15.0. The Kier molecular flexibility index (Phi) is 6.37. The molecule has 0 aliphatic carbocycles. The summed E-state index contributed by atoms with van der Waals surface area (Å²) in [5.74, 6) is -0.356. The maximum Gasteiger partial charge on any atom is 0.170 e. The van der Waals surface area contributed by atoms with Crippen LogP contribution in [0, 0.1) is 5.82 Å². The summed E-state index contributed by atoms with van der Waals surface area (Å²) in [6, 6.07) is 3.15. The highest BCUT2D eigenvalue weighted by atomic mass is 79.9. The van der Waals surface area contributed by atoms with E-state index in [1.807, 2.05) is 0 Å². The highest BCUT2D eigenvalue weighted by Gasteiger charge is 2.09. The van der Waals surface area contributed by atoms with Crippen molar-refractivity contribution < 1.29 is 4.39 Å². The Morgan fingerprint density at radius 2 is 2.12 bits per heavy atom. The zero-order valence-corrected chi connectivity index (χ0v) is 13.3. The van der Waals surface area contributed by atoms with Crippen molar-refractivity contribution in [2.75, 3.05) is 11.9 Å². The lowest BCUT2D eigenvalue weighted by molar-refractivity contribution is 0.630. The first-order chi connectivity index (χ1) is 8.04. The predicted molar refractivity (Wildman–Crippen MR) is 80.9 cm³/mol. The van der Waals surface area contributed by atoms with Gasteiger partial charge in [-0.3, -0.25) is 0 Å². The van der Waals surface area contributed by atoms with E-state index in [9.17, 15) is 4.39 Å². The first kappa shape index (κ1) is 14.9. The molecule has 1 rings (SSSR count). The molecule has 2 N–H and O–H groups in total. The summed E-state index contributed by atoms with van der Waals surface area (Å²) in [7, 11) is 0. The molecule has 0 aromatic heterocycles. The molecule has 0 unspecified atom stereocenters. The van der Waals surface area contributed by atoms with Crippen LogP contribution in [0.2, 0.25) is 0 Å². The fourth-order valence-electron chi connectivity index (χ4n) is 1.20. The van der Waals surface area contributed by atoms with E-state index in [4.69, 9.17) is 12.2 Å². The summed E-state index contributed by atoms with van der Waals surface area (Å²) in [4.78, 5) is 0. The van der Waals surface area contributed by atoms with Crippen molar-refractivity contribution in [1.82, 2.24) is 5.32 Å². The Balaban J connectivity index is 2.65. The van der Waals surface area contributed by atoms with Gasteiger partial charge in [0.2, 0.25) is 0 Å². The molecule has 0 bridgehead atoms. The minimum atomic E-state index is -0.356. The molecule has 17 heavy (non-hydrogen) atoms. The van der Waals surface area contributed by atoms with E-state index in [-0.39, 0.29) is 5.82 Å². The fraction of sp³-hybridized carbons (Fsp3) is 0.364. The van der Waals surface area contributed by atoms with Crippen molar-refractivity contribution in [3.8, 4) is 0 Å². The van der Waals surface area contributed by atoms with Crippen molar-refractivity contribution in [2.45, 2.75) is 19.8 Å². The second kappa shape index (κ2) is 7.28. The Morgan fingerprint density at radius 3 is 2.71 bits per heavy atom. The molecular formula is C11H13Br2FN2S. The third-order valence-electron chi connectivity index (χ3n) is 2.06. The van der Waals surface area contributed by atoms with Gasteiger partial charge in [0, 0.05) is 15.5 Å². The van der Waals surface area contributed by atoms with E-state index >= 15 is 0 Å². The first-order valence-electron chi connectivity index (χ1n) is 5.24. The third-order valence-corrected chi connectivity index (χ3v) is 3.39. The van der Waals surface area contributed by atoms with Gasteiger partial charge < -0.3 is 10.6 Å². The number of anilines is 1. The molecule has 0 saturated heterocycles. The molecule has 0 saturated carbocycles. The monoisotopic (exact) mass is 382 g/mol. The highest BCUT2D eigenvalue weighted by Crippen LogP contribution is 2.29. The molecule has 0 heterocycles. The topological polar surface area (TPSA) is 24.1 Å². The lowest BCUT2D eigenvalue weighted by Gasteiger charge is -2.12. The zero-order chi connectivity index (χ0) is 12.8. The molecule has 0 fully saturated rings. The van der Waals surface area contributed by atoms with Gasteiger partial charge in [0.25, 0.3) is 0 Å². The van der Waals surface area contributed by atoms with Crippen molar-refractivity contribution in [1.29, 1.82) is 0 Å². The number of benzene rings is 1. The Morgan fingerprint density at radius 1 is 1.41 bits per heavy atom. The average Bonchev–Trinajstić information content (AvgIpc) is 2.24. The van der Waals surface area contributed by atoms with Crippen LogP contribution in [-0.4, -0.2) is 11.7 Å². The van der Waals surface area contributed by atoms with Gasteiger partial charge in [-0.25, -0.2) is 4.39 Å². The van der Waals surface area contributed by atoms with Crippen LogP contribution in [0.4, 0.5) is 10.1 Å². The molecule has 94 valence electrons. The number of thiocarbonyl (C=S) groups is 1. The molecule has 0 amide bonds. The standard InChI is InChI=1S/C11H13Br2FN2S/c1-2-3-4-15-11(17)16-10-8(13)5-7(12)6-9(10)14/h5-6H,2-4H2,1H3,(H2,15,16,17). The second-order valence-corrected chi connectivity index (χ2v) is 5.66. The van der Waals surface area contributed by atoms with Crippen LogP contribution in [0.15, 0.2) is 21.1 Å². The van der Waals surface area contributed by atoms with Crippen molar-refractivity contribution >= 4 is 54.9 Å². The van der Waals surface area contributed by atoms with Gasteiger partial charge >= 0.3 is 0 Å². The van der Waals surface area contributed by atoms with Gasteiger partial charge in [-0.15, -0.1) is 0 Å². The molecule has 0 aliphatic heterocycles. The Labute approximate surface area is 123 Å². The predicted octanol–water partition coefficient (Wildman–Crippen LogP) is 4.44. The first-order valence-corrected chi connectivity index (χ1v) is 7.23. The second-order valence-electron chi connectivity index (χ2n) is 3.48. The summed E-state index contributed by atoms with van der Waals surface area (Å²) in [5, 5.41) is 6.30. The average molecular weight is 384 g/mol. The van der Waals surface area contributed by atoms with Crippen molar-refractivity contribution in [3.63, 3.8) is 0 Å². The van der Waals surface area contributed by atoms with E-state index in [1.54, 1.807) is 6.07 Å². The van der Waals surface area contributed by atoms with E-state index in [0.29, 0.717) is 19.7 Å². The molecular weight excluding hydrogens is 371 g/mol. The van der Waals surface area contributed by atoms with Crippen LogP contribution in [0.5, 0.6) is 0 Å². The van der Waals surface area contributed by atoms with Gasteiger partial charge in [0.05, 0.1) is 5.69 Å². The molecule has 1 aromatic carbocycles. The molecule has 0 radical (unpaired) electrons. The van der Waals surface area contributed by atoms with Gasteiger partial charge in [0.15, 0.2) is 5.11 Å². The number of nitrogens with one attached hydrogen (secondary N) is 2. The summed E-state index contributed by atoms with van der Waals surface area (Å²) in [5.41, 5.74) is 0.349. The van der Waals surface area contributed by atoms with E-state index < -0.39 is 0 Å². The minimum absolute atomic E-state index is 0.349. The largest absolute Gasteiger partial charge is 0.362 e. The van der Waals surface area contributed by atoms with Crippen LogP contribution in [0.3, 0.4) is 0 Å². The molecule has 2 nitrogen and oxygen atoms in total. The lowest BCUT2D eigenvalue weighted by Crippen LogP contribution is -2.29. The van der Waals surface area contributed by atoms with Crippen LogP contribution in [0.25, 0.3) is 0 Å². The van der Waals surface area contributed by atoms with Gasteiger partial charge in [-0.05, 0) is 46.7 Å². The smallest absolute Gasteiger partial charge is 0.170 e. The van der Waals surface area contributed by atoms with Crippen LogP contribution in [-0.2, 0) is 0 Å². The molecule has 6 heteroatoms. The quantitative estimate of drug-likeness (QED) is 0.593. The lowest BCUT2D eigenvalue weighted by atomic mass is 10.3. The Hall–Kier alpha value is -0.200. The van der Waals surface area contributed by atoms with Crippen molar-refractivity contribution in [2.24, 2.45) is 0 Å². The van der Waals surface area contributed by atoms with Crippen LogP contribution < -0.4 is 10.6 Å². The summed E-state index contributed by atoms with van der Waals surface area (Å²) >= 11 is 11.6. The van der Waals surface area contributed by atoms with Gasteiger partial charge in [-0.1, -0.05) is 29.3 Å². The summed E-state index contributed by atoms with van der Waals surface area (Å²) in [6.45, 7) is 2.89. The third kappa shape index (κ3) is 4.89. The fourth-order valence-corrected chi connectivity index (χ4v) is 2.67. The van der Waals surface area contributed by atoms with Crippen LogP contribution in [0.1, 0.15) is 19.8 Å². The minimum Gasteiger partial charge on any atom is -0.362 e. The van der Waals surface area contributed by atoms with E-state index in [0.717, 1.165) is 19.4 Å². The maximum atomic E-state index is 13.7. The van der Waals surface area contributed by atoms with E-state index in [1.165, 1.54) is 6.07 Å². The summed E-state index contributed by atoms with van der Waals surface area (Å²) in [6.07, 6.45) is 2.12. The number of halogens is 3. The van der Waals surface area contributed by atoms with Crippen LogP contribution >= 0.6 is 44.1 Å². The van der Waals surface area contributed by atoms with E-state index in [2.05, 4.69) is 49.4 Å². The molecule has 1 aromatic rings. The molecule has 0 spiro atoms. The normalized spacial score (nSPS) is 10.1.